The zero-order chi connectivity index (χ0) is 11.3. The van der Waals surface area contributed by atoms with Gasteiger partial charge in [-0.3, -0.25) is 0 Å². The van der Waals surface area contributed by atoms with Gasteiger partial charge in [-0.2, -0.15) is 5.26 Å². The van der Waals surface area contributed by atoms with E-state index in [1.807, 2.05) is 6.07 Å². The highest BCUT2D eigenvalue weighted by Gasteiger charge is 2.09. The van der Waals surface area contributed by atoms with Crippen LogP contribution in [0.4, 0.5) is 0 Å². The second kappa shape index (κ2) is 5.99. The third-order valence-corrected chi connectivity index (χ3v) is 3.25. The molecule has 0 heterocycles. The molecule has 1 aromatic rings. The molecule has 0 amide bonds. The fourth-order valence-corrected chi connectivity index (χ4v) is 2.20. The zero-order valence-corrected chi connectivity index (χ0v) is 9.42. The normalized spacial score (nSPS) is 12.1. The first-order valence-corrected chi connectivity index (χ1v) is 5.65. The van der Waals surface area contributed by atoms with Gasteiger partial charge in [-0.25, -0.2) is 0 Å². The van der Waals surface area contributed by atoms with Crippen LogP contribution in [0.2, 0.25) is 5.02 Å². The summed E-state index contributed by atoms with van der Waals surface area (Å²) >= 11 is 7.13. The van der Waals surface area contributed by atoms with Gasteiger partial charge < -0.3 is 10.2 Å². The van der Waals surface area contributed by atoms with Crippen LogP contribution in [-0.2, 0) is 0 Å². The van der Waals surface area contributed by atoms with Gasteiger partial charge in [-0.15, -0.1) is 11.8 Å². The smallest absolute Gasteiger partial charge is 0.102 e. The molecule has 0 fully saturated rings. The molecule has 3 nitrogen and oxygen atoms in total. The van der Waals surface area contributed by atoms with Gasteiger partial charge in [0.25, 0.3) is 0 Å². The van der Waals surface area contributed by atoms with Gasteiger partial charge in [0.15, 0.2) is 0 Å². The van der Waals surface area contributed by atoms with Crippen molar-refractivity contribution in [2.45, 2.75) is 11.0 Å². The van der Waals surface area contributed by atoms with Crippen LogP contribution in [0.3, 0.4) is 0 Å². The molecule has 15 heavy (non-hydrogen) atoms. The largest absolute Gasteiger partial charge is 0.394 e. The second-order valence-corrected chi connectivity index (χ2v) is 4.34. The van der Waals surface area contributed by atoms with E-state index in [9.17, 15) is 0 Å². The molecule has 1 rings (SSSR count). The van der Waals surface area contributed by atoms with Crippen molar-refractivity contribution in [3.05, 3.63) is 28.8 Å². The first kappa shape index (κ1) is 12.3. The van der Waals surface area contributed by atoms with Crippen molar-refractivity contribution in [1.29, 1.82) is 5.26 Å². The van der Waals surface area contributed by atoms with Crippen LogP contribution in [0.5, 0.6) is 0 Å². The Hall–Kier alpha value is -0.730. The molecule has 0 bridgehead atoms. The van der Waals surface area contributed by atoms with E-state index in [0.29, 0.717) is 16.3 Å². The zero-order valence-electron chi connectivity index (χ0n) is 7.85. The quantitative estimate of drug-likeness (QED) is 0.790. The van der Waals surface area contributed by atoms with Crippen LogP contribution in [0.1, 0.15) is 5.56 Å². The van der Waals surface area contributed by atoms with Crippen LogP contribution in [0.25, 0.3) is 0 Å². The van der Waals surface area contributed by atoms with Gasteiger partial charge in [0.05, 0.1) is 23.3 Å². The highest BCUT2D eigenvalue weighted by molar-refractivity contribution is 7.99. The first-order valence-electron chi connectivity index (χ1n) is 4.29. The van der Waals surface area contributed by atoms with E-state index in [1.165, 1.54) is 11.8 Å². The van der Waals surface area contributed by atoms with Crippen molar-refractivity contribution in [2.24, 2.45) is 0 Å². The summed E-state index contributed by atoms with van der Waals surface area (Å²) in [5.41, 5.74) is 0.411. The van der Waals surface area contributed by atoms with Gasteiger partial charge in [0, 0.05) is 10.6 Å². The van der Waals surface area contributed by atoms with Crippen LogP contribution >= 0.6 is 23.4 Å². The minimum Gasteiger partial charge on any atom is -0.394 e. The molecule has 0 aliphatic carbocycles. The fourth-order valence-electron chi connectivity index (χ4n) is 0.972. The third-order valence-electron chi connectivity index (χ3n) is 1.73. The molecule has 1 aromatic carbocycles. The summed E-state index contributed by atoms with van der Waals surface area (Å²) in [5, 5.41) is 27.1. The lowest BCUT2D eigenvalue weighted by Gasteiger charge is -2.08. The van der Waals surface area contributed by atoms with Gasteiger partial charge in [0.2, 0.25) is 0 Å². The molecule has 1 atom stereocenters. The van der Waals surface area contributed by atoms with E-state index < -0.39 is 6.10 Å². The predicted molar refractivity (Wildman–Crippen MR) is 60.0 cm³/mol. The maximum Gasteiger partial charge on any atom is 0.102 e. The summed E-state index contributed by atoms with van der Waals surface area (Å²) in [6.45, 7) is -0.282. The van der Waals surface area contributed by atoms with Gasteiger partial charge in [-0.05, 0) is 12.1 Å². The Morgan fingerprint density at radius 2 is 2.27 bits per heavy atom. The Morgan fingerprint density at radius 3 is 2.87 bits per heavy atom. The molecule has 80 valence electrons. The minimum atomic E-state index is -0.777. The number of hydrogen-bond acceptors (Lipinski definition) is 4. The Balaban J connectivity index is 2.77. The number of aliphatic hydroxyl groups excluding tert-OH is 2. The minimum absolute atomic E-state index is 0.282. The van der Waals surface area contributed by atoms with Crippen molar-refractivity contribution in [3.63, 3.8) is 0 Å². The summed E-state index contributed by atoms with van der Waals surface area (Å²) in [5.74, 6) is 0.339. The predicted octanol–water partition coefficient (Wildman–Crippen LogP) is 1.66. The average Bonchev–Trinajstić information content (AvgIpc) is 2.25. The van der Waals surface area contributed by atoms with E-state index in [1.54, 1.807) is 18.2 Å². The van der Waals surface area contributed by atoms with E-state index in [0.717, 1.165) is 4.90 Å². The fraction of sp³-hybridized carbons (Fsp3) is 0.300. The van der Waals surface area contributed by atoms with E-state index in [2.05, 4.69) is 0 Å². The Kier molecular flexibility index (Phi) is 4.92. The maximum atomic E-state index is 9.17. The van der Waals surface area contributed by atoms with Gasteiger partial charge in [0.1, 0.15) is 6.07 Å². The third kappa shape index (κ3) is 3.40. The lowest BCUT2D eigenvalue weighted by atomic mass is 10.2. The molecule has 0 aromatic heterocycles. The van der Waals surface area contributed by atoms with Crippen molar-refractivity contribution in [2.75, 3.05) is 12.4 Å². The highest BCUT2D eigenvalue weighted by Crippen LogP contribution is 2.28. The molecule has 0 saturated heterocycles. The molecule has 0 aliphatic rings. The van der Waals surface area contributed by atoms with Crippen LogP contribution in [-0.4, -0.2) is 28.7 Å². The molecule has 0 aliphatic heterocycles. The van der Waals surface area contributed by atoms with Crippen molar-refractivity contribution >= 4 is 23.4 Å². The van der Waals surface area contributed by atoms with E-state index in [4.69, 9.17) is 27.1 Å². The maximum absolute atomic E-state index is 9.17. The average molecular weight is 244 g/mol. The summed E-state index contributed by atoms with van der Waals surface area (Å²) in [7, 11) is 0. The molecule has 0 radical (unpaired) electrons. The Bertz CT molecular complexity index is 378. The molecular formula is C10H10ClNO2S. The number of rotatable bonds is 4. The summed E-state index contributed by atoms with van der Waals surface area (Å²) in [4.78, 5) is 0.720. The molecular weight excluding hydrogens is 234 g/mol. The monoisotopic (exact) mass is 243 g/mol. The number of thioether (sulfide) groups is 1. The summed E-state index contributed by atoms with van der Waals surface area (Å²) in [6, 6.07) is 7.16. The van der Waals surface area contributed by atoms with Crippen LogP contribution in [0, 0.1) is 11.3 Å². The second-order valence-electron chi connectivity index (χ2n) is 2.87. The molecule has 1 unspecified atom stereocenters. The molecule has 2 N–H and O–H groups in total. The number of aliphatic hydroxyl groups is 2. The van der Waals surface area contributed by atoms with Crippen LogP contribution in [0.15, 0.2) is 23.1 Å². The standard InChI is InChI=1S/C10H10ClNO2S/c11-9-2-1-3-10(8(9)4-12)15-6-7(14)5-13/h1-3,7,13-14H,5-6H2. The number of hydrogen-bond donors (Lipinski definition) is 2. The van der Waals surface area contributed by atoms with Gasteiger partial charge >= 0.3 is 0 Å². The van der Waals surface area contributed by atoms with Crippen molar-refractivity contribution in [1.82, 2.24) is 0 Å². The number of benzene rings is 1. The van der Waals surface area contributed by atoms with E-state index in [-0.39, 0.29) is 6.61 Å². The van der Waals surface area contributed by atoms with Crippen molar-refractivity contribution in [3.8, 4) is 6.07 Å². The first-order chi connectivity index (χ1) is 7.19. The van der Waals surface area contributed by atoms with E-state index >= 15 is 0 Å². The molecule has 5 heteroatoms. The van der Waals surface area contributed by atoms with Gasteiger partial charge in [-0.1, -0.05) is 17.7 Å². The lowest BCUT2D eigenvalue weighted by Crippen LogP contribution is -2.14. The van der Waals surface area contributed by atoms with Crippen molar-refractivity contribution < 1.29 is 10.2 Å². The Morgan fingerprint density at radius 1 is 1.53 bits per heavy atom. The Labute approximate surface area is 97.3 Å². The highest BCUT2D eigenvalue weighted by atomic mass is 35.5. The lowest BCUT2D eigenvalue weighted by molar-refractivity contribution is 0.113. The SMILES string of the molecule is N#Cc1c(Cl)cccc1SCC(O)CO. The molecule has 0 saturated carbocycles. The number of nitriles is 1. The number of nitrogens with zero attached hydrogens (tertiary/aromatic N) is 1. The van der Waals surface area contributed by atoms with Crippen LogP contribution < -0.4 is 0 Å². The molecule has 0 spiro atoms. The number of halogens is 1. The topological polar surface area (TPSA) is 64.2 Å². The summed E-state index contributed by atoms with van der Waals surface area (Å²) in [6.07, 6.45) is -0.777. The summed E-state index contributed by atoms with van der Waals surface area (Å²) < 4.78 is 0.